The Kier molecular flexibility index (Phi) is 4.52. The van der Waals surface area contributed by atoms with Gasteiger partial charge in [0.1, 0.15) is 11.6 Å². The number of rotatable bonds is 4. The van der Waals surface area contributed by atoms with Crippen LogP contribution in [0.4, 0.5) is 4.39 Å². The highest BCUT2D eigenvalue weighted by atomic mass is 32.1. The zero-order valence-corrected chi connectivity index (χ0v) is 11.3. The van der Waals surface area contributed by atoms with Gasteiger partial charge in [0.15, 0.2) is 5.11 Å². The van der Waals surface area contributed by atoms with Gasteiger partial charge in [-0.25, -0.2) is 4.39 Å². The van der Waals surface area contributed by atoms with Crippen LogP contribution in [0.5, 0.6) is 0 Å². The van der Waals surface area contributed by atoms with E-state index < -0.39 is 0 Å². The predicted octanol–water partition coefficient (Wildman–Crippen LogP) is 3.14. The van der Waals surface area contributed by atoms with Gasteiger partial charge in [0.2, 0.25) is 0 Å². The Bertz CT molecular complexity index is 525. The van der Waals surface area contributed by atoms with Crippen LogP contribution < -0.4 is 10.6 Å². The van der Waals surface area contributed by atoms with Crippen LogP contribution >= 0.6 is 12.2 Å². The molecule has 0 saturated carbocycles. The maximum atomic E-state index is 12.7. The number of benzene rings is 1. The SMILES string of the molecule is C[C@H](NC(=S)NCc1ccc(F)cc1)c1ccco1. The number of halogens is 1. The van der Waals surface area contributed by atoms with Crippen LogP contribution in [-0.2, 0) is 6.54 Å². The fourth-order valence-corrected chi connectivity index (χ4v) is 1.89. The molecule has 2 rings (SSSR count). The molecule has 19 heavy (non-hydrogen) atoms. The predicted molar refractivity (Wildman–Crippen MR) is 76.1 cm³/mol. The van der Waals surface area contributed by atoms with Crippen molar-refractivity contribution in [1.29, 1.82) is 0 Å². The Balaban J connectivity index is 1.80. The summed E-state index contributed by atoms with van der Waals surface area (Å²) in [6.07, 6.45) is 1.63. The van der Waals surface area contributed by atoms with E-state index in [0.717, 1.165) is 11.3 Å². The van der Waals surface area contributed by atoms with Gasteiger partial charge >= 0.3 is 0 Å². The smallest absolute Gasteiger partial charge is 0.167 e. The monoisotopic (exact) mass is 278 g/mol. The van der Waals surface area contributed by atoms with Gasteiger partial charge in [-0.2, -0.15) is 0 Å². The van der Waals surface area contributed by atoms with E-state index in [1.807, 2.05) is 19.1 Å². The number of hydrogen-bond donors (Lipinski definition) is 2. The maximum Gasteiger partial charge on any atom is 0.167 e. The molecule has 100 valence electrons. The normalized spacial score (nSPS) is 11.9. The Morgan fingerprint density at radius 2 is 2.05 bits per heavy atom. The molecule has 1 atom stereocenters. The van der Waals surface area contributed by atoms with E-state index in [4.69, 9.17) is 16.6 Å². The third-order valence-electron chi connectivity index (χ3n) is 2.68. The van der Waals surface area contributed by atoms with Crippen LogP contribution in [0.15, 0.2) is 47.1 Å². The highest BCUT2D eigenvalue weighted by Crippen LogP contribution is 2.11. The first kappa shape index (κ1) is 13.5. The van der Waals surface area contributed by atoms with Crippen LogP contribution in [-0.4, -0.2) is 5.11 Å². The van der Waals surface area contributed by atoms with Crippen molar-refractivity contribution in [3.05, 3.63) is 59.8 Å². The molecule has 1 aromatic heterocycles. The van der Waals surface area contributed by atoms with Crippen molar-refractivity contribution in [1.82, 2.24) is 10.6 Å². The molecular weight excluding hydrogens is 263 g/mol. The van der Waals surface area contributed by atoms with Crippen LogP contribution in [0.2, 0.25) is 0 Å². The molecule has 2 aromatic rings. The minimum absolute atomic E-state index is 0.00298. The van der Waals surface area contributed by atoms with Gasteiger partial charge in [-0.05, 0) is 49.0 Å². The summed E-state index contributed by atoms with van der Waals surface area (Å²) in [5, 5.41) is 6.72. The second kappa shape index (κ2) is 6.33. The third kappa shape index (κ3) is 4.06. The Hall–Kier alpha value is -1.88. The quantitative estimate of drug-likeness (QED) is 0.843. The van der Waals surface area contributed by atoms with E-state index in [1.54, 1.807) is 18.4 Å². The first-order valence-electron chi connectivity index (χ1n) is 5.97. The summed E-state index contributed by atoms with van der Waals surface area (Å²) in [6.45, 7) is 2.52. The molecule has 3 nitrogen and oxygen atoms in total. The number of thiocarbonyl (C=S) groups is 1. The molecule has 1 heterocycles. The summed E-state index contributed by atoms with van der Waals surface area (Å²) >= 11 is 5.19. The molecule has 0 aliphatic rings. The van der Waals surface area contributed by atoms with Gasteiger partial charge in [-0.15, -0.1) is 0 Å². The van der Waals surface area contributed by atoms with Crippen molar-refractivity contribution in [3.8, 4) is 0 Å². The molecule has 0 fully saturated rings. The zero-order chi connectivity index (χ0) is 13.7. The molecule has 5 heteroatoms. The third-order valence-corrected chi connectivity index (χ3v) is 2.95. The van der Waals surface area contributed by atoms with Crippen LogP contribution in [0.1, 0.15) is 24.3 Å². The fraction of sp³-hybridized carbons (Fsp3) is 0.214. The molecule has 1 aromatic carbocycles. The van der Waals surface area contributed by atoms with Crippen molar-refractivity contribution in [3.63, 3.8) is 0 Å². The molecule has 0 spiro atoms. The van der Waals surface area contributed by atoms with Crippen LogP contribution in [0, 0.1) is 5.82 Å². The number of nitrogens with one attached hydrogen (secondary N) is 2. The fourth-order valence-electron chi connectivity index (χ4n) is 1.64. The van der Waals surface area contributed by atoms with E-state index in [0.29, 0.717) is 11.7 Å². The lowest BCUT2D eigenvalue weighted by molar-refractivity contribution is 0.462. The lowest BCUT2D eigenvalue weighted by Gasteiger charge is -2.15. The Morgan fingerprint density at radius 1 is 1.32 bits per heavy atom. The van der Waals surface area contributed by atoms with Crippen LogP contribution in [0.25, 0.3) is 0 Å². The van der Waals surface area contributed by atoms with E-state index >= 15 is 0 Å². The van der Waals surface area contributed by atoms with E-state index in [2.05, 4.69) is 10.6 Å². The minimum atomic E-state index is -0.240. The van der Waals surface area contributed by atoms with Gasteiger partial charge in [0.05, 0.1) is 12.3 Å². The van der Waals surface area contributed by atoms with Gasteiger partial charge in [0, 0.05) is 6.54 Å². The number of furan rings is 1. The molecule has 0 saturated heterocycles. The molecule has 2 N–H and O–H groups in total. The van der Waals surface area contributed by atoms with Crippen molar-refractivity contribution < 1.29 is 8.81 Å². The molecule has 0 aliphatic heterocycles. The van der Waals surface area contributed by atoms with Gasteiger partial charge < -0.3 is 15.1 Å². The van der Waals surface area contributed by atoms with Crippen molar-refractivity contribution in [2.75, 3.05) is 0 Å². The largest absolute Gasteiger partial charge is 0.467 e. The summed E-state index contributed by atoms with van der Waals surface area (Å²) in [5.74, 6) is 0.585. The molecule has 0 radical (unpaired) electrons. The summed E-state index contributed by atoms with van der Waals surface area (Å²) in [4.78, 5) is 0. The van der Waals surface area contributed by atoms with Crippen molar-refractivity contribution >= 4 is 17.3 Å². The topological polar surface area (TPSA) is 37.2 Å². The van der Waals surface area contributed by atoms with E-state index in [1.165, 1.54) is 12.1 Å². The highest BCUT2D eigenvalue weighted by Gasteiger charge is 2.08. The van der Waals surface area contributed by atoms with E-state index in [9.17, 15) is 4.39 Å². The lowest BCUT2D eigenvalue weighted by atomic mass is 10.2. The van der Waals surface area contributed by atoms with Crippen molar-refractivity contribution in [2.24, 2.45) is 0 Å². The average molecular weight is 278 g/mol. The van der Waals surface area contributed by atoms with Crippen LogP contribution in [0.3, 0.4) is 0 Å². The van der Waals surface area contributed by atoms with Gasteiger partial charge in [-0.3, -0.25) is 0 Å². The molecular formula is C14H15FN2OS. The van der Waals surface area contributed by atoms with Gasteiger partial charge in [0.25, 0.3) is 0 Å². The highest BCUT2D eigenvalue weighted by molar-refractivity contribution is 7.80. The number of hydrogen-bond acceptors (Lipinski definition) is 2. The second-order valence-corrected chi connectivity index (χ2v) is 4.60. The molecule has 0 aliphatic carbocycles. The standard InChI is InChI=1S/C14H15FN2OS/c1-10(13-3-2-8-18-13)17-14(19)16-9-11-4-6-12(15)7-5-11/h2-8,10H,9H2,1H3,(H2,16,17,19)/t10-/m0/s1. The Morgan fingerprint density at radius 3 is 2.68 bits per heavy atom. The van der Waals surface area contributed by atoms with Crippen molar-refractivity contribution in [2.45, 2.75) is 19.5 Å². The summed E-state index contributed by atoms with van der Waals surface area (Å²) in [5.41, 5.74) is 0.969. The summed E-state index contributed by atoms with van der Waals surface area (Å²) < 4.78 is 18.0. The summed E-state index contributed by atoms with van der Waals surface area (Å²) in [7, 11) is 0. The first-order chi connectivity index (χ1) is 9.15. The molecule has 0 bridgehead atoms. The molecule has 0 amide bonds. The summed E-state index contributed by atoms with van der Waals surface area (Å²) in [6, 6.07) is 10.0. The average Bonchev–Trinajstić information content (AvgIpc) is 2.92. The maximum absolute atomic E-state index is 12.7. The van der Waals surface area contributed by atoms with Gasteiger partial charge in [-0.1, -0.05) is 12.1 Å². The first-order valence-corrected chi connectivity index (χ1v) is 6.38. The molecule has 0 unspecified atom stereocenters. The minimum Gasteiger partial charge on any atom is -0.467 e. The van der Waals surface area contributed by atoms with E-state index in [-0.39, 0.29) is 11.9 Å². The lowest BCUT2D eigenvalue weighted by Crippen LogP contribution is -2.36. The second-order valence-electron chi connectivity index (χ2n) is 4.19. The zero-order valence-electron chi connectivity index (χ0n) is 10.5. The Labute approximate surface area is 116 Å².